The minimum atomic E-state index is -2.45. The van der Waals surface area contributed by atoms with Crippen LogP contribution in [0.4, 0.5) is 0 Å². The molecule has 6 aromatic heterocycles. The summed E-state index contributed by atoms with van der Waals surface area (Å²) in [5.74, 6) is -1.84. The molecule has 0 bridgehead atoms. The van der Waals surface area contributed by atoms with Gasteiger partial charge in [0, 0.05) is 77.5 Å². The summed E-state index contributed by atoms with van der Waals surface area (Å²) in [6.45, 7) is 23.0. The fourth-order valence-corrected chi connectivity index (χ4v) is 17.1. The second-order valence-corrected chi connectivity index (χ2v) is 34.6. The number of hydrogen-bond donors (Lipinski definition) is 0. The first kappa shape index (κ1) is 72.6. The number of aromatic nitrogens is 6. The lowest BCUT2D eigenvalue weighted by Gasteiger charge is -2.12. The van der Waals surface area contributed by atoms with E-state index in [1.807, 2.05) is 153 Å². The zero-order chi connectivity index (χ0) is 101. The van der Waals surface area contributed by atoms with Crippen molar-refractivity contribution in [2.75, 3.05) is 0 Å². The number of benzene rings is 12. The van der Waals surface area contributed by atoms with Crippen LogP contribution in [0.15, 0.2) is 298 Å². The van der Waals surface area contributed by atoms with Gasteiger partial charge in [-0.25, -0.2) is 27.4 Å². The van der Waals surface area contributed by atoms with Gasteiger partial charge in [-0.1, -0.05) is 215 Å². The number of aryl methyl sites for hydroxylation is 16. The Hall–Kier alpha value is -12.9. The van der Waals surface area contributed by atoms with E-state index in [9.17, 15) is 0 Å². The Morgan fingerprint density at radius 1 is 0.240 bits per heavy atom. The predicted molar refractivity (Wildman–Crippen MR) is 532 cm³/mol. The summed E-state index contributed by atoms with van der Waals surface area (Å²) in [5, 5.41) is 13.8. The molecule has 125 heavy (non-hydrogen) atoms. The van der Waals surface area contributed by atoms with Gasteiger partial charge in [-0.3, -0.25) is 0 Å². The topological polar surface area (TPSA) is 23.3 Å². The Morgan fingerprint density at radius 3 is 0.888 bits per heavy atom. The first-order valence-corrected chi connectivity index (χ1v) is 43.2. The highest BCUT2D eigenvalue weighted by atomic mass is 14.9. The fourth-order valence-electron chi connectivity index (χ4n) is 17.1. The first-order valence-electron chi connectivity index (χ1n) is 50.2. The summed E-state index contributed by atoms with van der Waals surface area (Å²) in [6.07, 6.45) is 12.4. The van der Waals surface area contributed by atoms with Crippen molar-refractivity contribution in [2.45, 2.75) is 156 Å². The maximum atomic E-state index is 8.38. The third kappa shape index (κ3) is 20.0. The van der Waals surface area contributed by atoms with E-state index in [0.717, 1.165) is 99.5 Å². The van der Waals surface area contributed by atoms with Crippen molar-refractivity contribution in [3.63, 3.8) is 0 Å². The molecule has 0 fully saturated rings. The third-order valence-corrected chi connectivity index (χ3v) is 24.5. The van der Waals surface area contributed by atoms with E-state index in [-0.39, 0.29) is 0 Å². The molecule has 18 aromatic rings. The summed E-state index contributed by atoms with van der Waals surface area (Å²) in [4.78, 5) is 0. The summed E-state index contributed by atoms with van der Waals surface area (Å²) in [6, 6.07) is 89.1. The van der Waals surface area contributed by atoms with Crippen LogP contribution < -0.4 is 27.4 Å². The van der Waals surface area contributed by atoms with Gasteiger partial charge in [-0.15, -0.1) is 0 Å². The number of hydrogen-bond acceptors (Lipinski definition) is 0. The number of rotatable bonds is 9. The Morgan fingerprint density at radius 2 is 0.536 bits per heavy atom. The molecule has 0 aliphatic rings. The number of nitrogens with zero attached hydrogens (tertiary/aromatic N) is 6. The van der Waals surface area contributed by atoms with Gasteiger partial charge in [0.25, 0.3) is 0 Å². The minimum Gasteiger partial charge on any atom is -0.200 e. The molecule has 0 aliphatic carbocycles. The van der Waals surface area contributed by atoms with Gasteiger partial charge in [-0.2, -0.15) is 0 Å². The van der Waals surface area contributed by atoms with Crippen molar-refractivity contribution < 1.29 is 46.6 Å². The standard InChI is InChI=1S/3C22H26N.C19H20N.2C17H16N/c3*1-14(2)18-7-8-20-19(13-18)9-10-23(6)22(20)21-12-15(3)11-16(4)17(21)5;1-13-11-14(2)15(3)18(12-13)19-17-8-6-5-7-16(17)9-10-20(19)4;2*1-13-7-3-6-10-16(13)17-11-14-8-4-5-9-15(14)12-18(17)2/h3*7-14H,1-6H3;5-12H,1-4H3;2*3-12H,1-2H3/q6*+1/i1D3,4D3,14D;4D3,14D;;2D3;;. The van der Waals surface area contributed by atoms with Crippen LogP contribution in [0, 0.1) is 96.7 Å². The van der Waals surface area contributed by atoms with Crippen LogP contribution in [0.25, 0.3) is 132 Å². The third-order valence-electron chi connectivity index (χ3n) is 24.5. The molecule has 0 saturated carbocycles. The molecule has 0 aliphatic heterocycles. The lowest BCUT2D eigenvalue weighted by atomic mass is 9.93. The maximum absolute atomic E-state index is 8.38. The Kier molecular flexibility index (Phi) is 22.6. The van der Waals surface area contributed by atoms with Crippen molar-refractivity contribution in [3.8, 4) is 67.5 Å². The van der Waals surface area contributed by atoms with E-state index in [0.29, 0.717) is 33.7 Å². The molecule has 0 N–H and O–H groups in total. The molecule has 6 heteroatoms. The van der Waals surface area contributed by atoms with Crippen LogP contribution in [-0.4, -0.2) is 0 Å². The van der Waals surface area contributed by atoms with E-state index < -0.39 is 39.2 Å². The number of fused-ring (bicyclic) bond motifs is 6. The minimum absolute atomic E-state index is 0.326. The normalized spacial score (nSPS) is 13.8. The van der Waals surface area contributed by atoms with Gasteiger partial charge >= 0.3 is 0 Å². The zero-order valence-corrected chi connectivity index (χ0v) is 77.1. The Balaban J connectivity index is 0.000000142. The lowest BCUT2D eigenvalue weighted by molar-refractivity contribution is -0.659. The highest BCUT2D eigenvalue weighted by molar-refractivity contribution is 5.98. The van der Waals surface area contributed by atoms with Crippen LogP contribution >= 0.6 is 0 Å². The van der Waals surface area contributed by atoms with Crippen LogP contribution in [0.5, 0.6) is 0 Å². The van der Waals surface area contributed by atoms with Gasteiger partial charge in [0.2, 0.25) is 34.2 Å². The van der Waals surface area contributed by atoms with Crippen molar-refractivity contribution >= 4 is 64.6 Å². The monoisotopic (exact) mass is 1660 g/mol. The van der Waals surface area contributed by atoms with Gasteiger partial charge in [0.05, 0.1) is 43.8 Å². The summed E-state index contributed by atoms with van der Waals surface area (Å²) in [5.41, 5.74) is 29.0. The molecular formula is C119H130N6+6. The van der Waals surface area contributed by atoms with Gasteiger partial charge in [0.1, 0.15) is 42.3 Å². The van der Waals surface area contributed by atoms with Gasteiger partial charge in [0.15, 0.2) is 37.2 Å². The van der Waals surface area contributed by atoms with Crippen molar-refractivity contribution in [1.82, 2.24) is 0 Å². The molecule has 0 amide bonds. The second kappa shape index (κ2) is 38.9. The van der Waals surface area contributed by atoms with Crippen LogP contribution in [0.1, 0.15) is 173 Å². The second-order valence-electron chi connectivity index (χ2n) is 34.6. The SMILES string of the molecule is Cc1cc(C)c(C)c(-c2c3ccc(C(C)C)cc3cc[n+]2C)c1.Cc1ccccc1-c1cc2ccccc2c[n+]1C.Cc1ccccc1-c1cc2ccccc2c[n+]1C.[2H]C([2H])([2H])c1cc(C)cc(-c2c3ccc(C([2H])(C)C([2H])([2H])[2H])cc3cc[n+]2C)c1C.[2H]C([2H])([2H])c1cc(C)cc(-c2c3ccc(C([2H])(C)C)cc3cc[n+]2C)c1C.[2H]C([2H])([2H])c1cc(C)cc(-c2c3ccccc3cc[n+]2C)c1C. The molecule has 6 heterocycles. The largest absolute Gasteiger partial charge is 0.220 e. The van der Waals surface area contributed by atoms with Crippen LogP contribution in [-0.2, 0) is 42.3 Å². The molecule has 1 atom stereocenters. The summed E-state index contributed by atoms with van der Waals surface area (Å²) < 4.78 is 123. The van der Waals surface area contributed by atoms with Gasteiger partial charge < -0.3 is 0 Å². The molecule has 12 aromatic carbocycles. The average molecular weight is 1660 g/mol. The quantitative estimate of drug-likeness (QED) is 0.129. The first-order chi connectivity index (χ1) is 65.2. The van der Waals surface area contributed by atoms with E-state index in [2.05, 4.69) is 288 Å². The summed E-state index contributed by atoms with van der Waals surface area (Å²) >= 11 is 0. The Bertz CT molecular complexity index is 7580. The van der Waals surface area contributed by atoms with Gasteiger partial charge in [-0.05, 0) is 292 Å². The van der Waals surface area contributed by atoms with E-state index in [1.165, 1.54) is 106 Å². The molecular weight excluding hydrogens is 1510 g/mol. The predicted octanol–water partition coefficient (Wildman–Crippen LogP) is 27.7. The van der Waals surface area contributed by atoms with Crippen molar-refractivity contribution in [3.05, 3.63) is 393 Å². The molecule has 6 nitrogen and oxygen atoms in total. The zero-order valence-electron chi connectivity index (χ0n) is 91.1. The Labute approximate surface area is 765 Å². The van der Waals surface area contributed by atoms with E-state index in [4.69, 9.17) is 19.2 Å². The van der Waals surface area contributed by atoms with Crippen LogP contribution in [0.3, 0.4) is 0 Å². The molecule has 18 rings (SSSR count). The van der Waals surface area contributed by atoms with E-state index in [1.54, 1.807) is 30.3 Å². The molecule has 0 spiro atoms. The van der Waals surface area contributed by atoms with Crippen molar-refractivity contribution in [1.29, 1.82) is 0 Å². The summed E-state index contributed by atoms with van der Waals surface area (Å²) in [7, 11) is 12.2. The van der Waals surface area contributed by atoms with E-state index >= 15 is 0 Å². The number of pyridine rings is 6. The smallest absolute Gasteiger partial charge is 0.200 e. The molecule has 0 radical (unpaired) electrons. The van der Waals surface area contributed by atoms with Crippen molar-refractivity contribution in [2.24, 2.45) is 42.3 Å². The average Bonchev–Trinajstić information content (AvgIpc) is 0.748. The lowest BCUT2D eigenvalue weighted by Crippen LogP contribution is -2.30. The highest BCUT2D eigenvalue weighted by Crippen LogP contribution is 2.38. The maximum Gasteiger partial charge on any atom is 0.220 e. The van der Waals surface area contributed by atoms with Crippen LogP contribution in [0.2, 0.25) is 0 Å². The molecule has 0 saturated heterocycles. The molecule has 1 unspecified atom stereocenters. The highest BCUT2D eigenvalue weighted by Gasteiger charge is 2.25. The molecule has 630 valence electrons. The fraction of sp³-hybridized carbons (Fsp3) is 0.244.